The predicted octanol–water partition coefficient (Wildman–Crippen LogP) is 4.07. The van der Waals surface area contributed by atoms with Gasteiger partial charge in [-0.1, -0.05) is 54.1 Å². The van der Waals surface area contributed by atoms with Crippen molar-refractivity contribution in [2.24, 2.45) is 0 Å². The van der Waals surface area contributed by atoms with Gasteiger partial charge in [0.15, 0.2) is 0 Å². The molecule has 0 amide bonds. The maximum Gasteiger partial charge on any atom is 0.0397 e. The molecule has 0 atom stereocenters. The van der Waals surface area contributed by atoms with Crippen LogP contribution in [0.2, 0.25) is 0 Å². The molecule has 0 saturated carbocycles. The summed E-state index contributed by atoms with van der Waals surface area (Å²) in [5, 5.41) is 3.56. The summed E-state index contributed by atoms with van der Waals surface area (Å²) in [4.78, 5) is 0. The van der Waals surface area contributed by atoms with Gasteiger partial charge in [-0.2, -0.15) is 0 Å². The van der Waals surface area contributed by atoms with E-state index in [0.717, 1.165) is 19.4 Å². The van der Waals surface area contributed by atoms with Crippen LogP contribution in [0.4, 0.5) is 0 Å². The number of allylic oxidation sites excluding steroid dienone is 1. The monoisotopic (exact) mass is 249 g/mol. The standard InChI is InChI=1S/C18H19N/c1-14-7-8-16-9-10-18(12-17(16)11-14)19-13-15-5-3-2-4-6-15/h2-8,11-12,19H,9-10,13H2,1H3. The van der Waals surface area contributed by atoms with Crippen molar-refractivity contribution in [2.75, 3.05) is 0 Å². The predicted molar refractivity (Wildman–Crippen MR) is 80.8 cm³/mol. The summed E-state index contributed by atoms with van der Waals surface area (Å²) >= 11 is 0. The van der Waals surface area contributed by atoms with E-state index in [4.69, 9.17) is 0 Å². The van der Waals surface area contributed by atoms with Crippen molar-refractivity contribution in [1.82, 2.24) is 5.32 Å². The van der Waals surface area contributed by atoms with Crippen LogP contribution in [-0.4, -0.2) is 0 Å². The summed E-state index contributed by atoms with van der Waals surface area (Å²) < 4.78 is 0. The van der Waals surface area contributed by atoms with Gasteiger partial charge in [0, 0.05) is 12.2 Å². The van der Waals surface area contributed by atoms with Gasteiger partial charge in [-0.05, 0) is 42.5 Å². The highest BCUT2D eigenvalue weighted by molar-refractivity contribution is 5.60. The van der Waals surface area contributed by atoms with Gasteiger partial charge in [0.25, 0.3) is 0 Å². The zero-order valence-corrected chi connectivity index (χ0v) is 11.3. The minimum Gasteiger partial charge on any atom is -0.384 e. The summed E-state index contributed by atoms with van der Waals surface area (Å²) in [5.74, 6) is 0. The molecule has 0 bridgehead atoms. The van der Waals surface area contributed by atoms with Gasteiger partial charge in [-0.3, -0.25) is 0 Å². The second-order valence-electron chi connectivity index (χ2n) is 5.21. The lowest BCUT2D eigenvalue weighted by Gasteiger charge is -2.18. The van der Waals surface area contributed by atoms with Crippen LogP contribution in [0.5, 0.6) is 0 Å². The zero-order chi connectivity index (χ0) is 13.1. The molecular formula is C18H19N. The summed E-state index contributed by atoms with van der Waals surface area (Å²) in [7, 11) is 0. The molecule has 19 heavy (non-hydrogen) atoms. The molecule has 96 valence electrons. The van der Waals surface area contributed by atoms with Crippen molar-refractivity contribution in [2.45, 2.75) is 26.3 Å². The SMILES string of the molecule is Cc1ccc2c(c1)C=C(NCc1ccccc1)CC2. The molecule has 2 aromatic rings. The molecule has 0 unspecified atom stereocenters. The summed E-state index contributed by atoms with van der Waals surface area (Å²) in [5.41, 5.74) is 6.86. The summed E-state index contributed by atoms with van der Waals surface area (Å²) in [6.45, 7) is 3.06. The summed E-state index contributed by atoms with van der Waals surface area (Å²) in [6, 6.07) is 17.3. The Morgan fingerprint density at radius 1 is 1.00 bits per heavy atom. The number of aryl methyl sites for hydroxylation is 2. The van der Waals surface area contributed by atoms with Crippen LogP contribution in [0.3, 0.4) is 0 Å². The number of rotatable bonds is 3. The fourth-order valence-electron chi connectivity index (χ4n) is 2.56. The molecule has 0 fully saturated rings. The number of benzene rings is 2. The largest absolute Gasteiger partial charge is 0.384 e. The van der Waals surface area contributed by atoms with Crippen molar-refractivity contribution in [1.29, 1.82) is 0 Å². The Labute approximate surface area is 115 Å². The maximum atomic E-state index is 3.56. The molecule has 0 heterocycles. The molecule has 3 rings (SSSR count). The lowest BCUT2D eigenvalue weighted by molar-refractivity contribution is 0.744. The Morgan fingerprint density at radius 2 is 1.84 bits per heavy atom. The van der Waals surface area contributed by atoms with E-state index in [1.54, 1.807) is 0 Å². The van der Waals surface area contributed by atoms with Gasteiger partial charge in [0.1, 0.15) is 0 Å². The van der Waals surface area contributed by atoms with Gasteiger partial charge in [-0.25, -0.2) is 0 Å². The van der Waals surface area contributed by atoms with Gasteiger partial charge in [-0.15, -0.1) is 0 Å². The number of hydrogen-bond donors (Lipinski definition) is 1. The molecule has 1 aliphatic rings. The number of fused-ring (bicyclic) bond motifs is 1. The third-order valence-corrected chi connectivity index (χ3v) is 3.66. The second-order valence-corrected chi connectivity index (χ2v) is 5.21. The van der Waals surface area contributed by atoms with Crippen LogP contribution in [-0.2, 0) is 13.0 Å². The highest BCUT2D eigenvalue weighted by atomic mass is 14.9. The van der Waals surface area contributed by atoms with Crippen LogP contribution < -0.4 is 5.32 Å². The van der Waals surface area contributed by atoms with Crippen molar-refractivity contribution in [3.63, 3.8) is 0 Å². The van der Waals surface area contributed by atoms with Gasteiger partial charge < -0.3 is 5.32 Å². The van der Waals surface area contributed by atoms with Crippen molar-refractivity contribution < 1.29 is 0 Å². The molecule has 1 N–H and O–H groups in total. The van der Waals surface area contributed by atoms with Crippen LogP contribution >= 0.6 is 0 Å². The second kappa shape index (κ2) is 5.31. The Hall–Kier alpha value is -2.02. The average Bonchev–Trinajstić information content (AvgIpc) is 2.46. The van der Waals surface area contributed by atoms with Crippen LogP contribution in [0.1, 0.15) is 28.7 Å². The third-order valence-electron chi connectivity index (χ3n) is 3.66. The quantitative estimate of drug-likeness (QED) is 0.864. The van der Waals surface area contributed by atoms with E-state index in [1.165, 1.54) is 28.0 Å². The Kier molecular flexibility index (Phi) is 3.37. The van der Waals surface area contributed by atoms with Crippen molar-refractivity contribution in [3.05, 3.63) is 76.5 Å². The van der Waals surface area contributed by atoms with Crippen molar-refractivity contribution in [3.8, 4) is 0 Å². The van der Waals surface area contributed by atoms with E-state index in [9.17, 15) is 0 Å². The Bertz CT molecular complexity index is 596. The van der Waals surface area contributed by atoms with Crippen molar-refractivity contribution >= 4 is 6.08 Å². The zero-order valence-electron chi connectivity index (χ0n) is 11.3. The van der Waals surface area contributed by atoms with E-state index in [-0.39, 0.29) is 0 Å². The third kappa shape index (κ3) is 2.87. The molecule has 0 aromatic heterocycles. The van der Waals surface area contributed by atoms with Crippen LogP contribution in [0, 0.1) is 6.92 Å². The van der Waals surface area contributed by atoms with Gasteiger partial charge in [0.2, 0.25) is 0 Å². The minimum absolute atomic E-state index is 0.911. The molecule has 2 aromatic carbocycles. The first-order chi connectivity index (χ1) is 9.31. The topological polar surface area (TPSA) is 12.0 Å². The number of hydrogen-bond acceptors (Lipinski definition) is 1. The van der Waals surface area contributed by atoms with Gasteiger partial charge >= 0.3 is 0 Å². The van der Waals surface area contributed by atoms with E-state index < -0.39 is 0 Å². The molecule has 0 saturated heterocycles. The molecule has 1 heteroatoms. The van der Waals surface area contributed by atoms with E-state index in [2.05, 4.69) is 66.8 Å². The van der Waals surface area contributed by atoms with Crippen LogP contribution in [0.25, 0.3) is 6.08 Å². The van der Waals surface area contributed by atoms with Gasteiger partial charge in [0.05, 0.1) is 0 Å². The first-order valence-corrected chi connectivity index (χ1v) is 6.89. The fraction of sp³-hybridized carbons (Fsp3) is 0.222. The van der Waals surface area contributed by atoms with E-state index in [1.807, 2.05) is 0 Å². The minimum atomic E-state index is 0.911. The Morgan fingerprint density at radius 3 is 2.68 bits per heavy atom. The normalized spacial score (nSPS) is 13.6. The fourth-order valence-corrected chi connectivity index (χ4v) is 2.56. The molecule has 0 radical (unpaired) electrons. The molecule has 0 spiro atoms. The highest BCUT2D eigenvalue weighted by Crippen LogP contribution is 2.23. The Balaban J connectivity index is 1.73. The maximum absolute atomic E-state index is 3.56. The molecular weight excluding hydrogens is 230 g/mol. The lowest BCUT2D eigenvalue weighted by Crippen LogP contribution is -2.15. The van der Waals surface area contributed by atoms with E-state index in [0.29, 0.717) is 0 Å². The van der Waals surface area contributed by atoms with Crippen LogP contribution in [0.15, 0.2) is 54.2 Å². The average molecular weight is 249 g/mol. The number of nitrogens with one attached hydrogen (secondary N) is 1. The summed E-state index contributed by atoms with van der Waals surface area (Å²) in [6.07, 6.45) is 4.56. The molecule has 1 aliphatic carbocycles. The first-order valence-electron chi connectivity index (χ1n) is 6.89. The molecule has 1 nitrogen and oxygen atoms in total. The van der Waals surface area contributed by atoms with E-state index >= 15 is 0 Å². The molecule has 0 aliphatic heterocycles. The first kappa shape index (κ1) is 12.0. The smallest absolute Gasteiger partial charge is 0.0397 e. The highest BCUT2D eigenvalue weighted by Gasteiger charge is 2.09. The lowest BCUT2D eigenvalue weighted by atomic mass is 9.94.